The van der Waals surface area contributed by atoms with E-state index in [-0.39, 0.29) is 5.56 Å². The fourth-order valence-electron chi connectivity index (χ4n) is 2.72. The van der Waals surface area contributed by atoms with Crippen molar-refractivity contribution in [3.05, 3.63) is 65.1 Å². The van der Waals surface area contributed by atoms with Gasteiger partial charge in [-0.2, -0.15) is 0 Å². The molecule has 0 saturated heterocycles. The van der Waals surface area contributed by atoms with Gasteiger partial charge in [-0.05, 0) is 24.3 Å². The van der Waals surface area contributed by atoms with Crippen molar-refractivity contribution in [2.24, 2.45) is 7.05 Å². The number of para-hydroxylation sites is 1. The molecule has 4 heteroatoms. The molecule has 4 nitrogen and oxygen atoms in total. The van der Waals surface area contributed by atoms with Gasteiger partial charge in [0.2, 0.25) is 0 Å². The fourth-order valence-corrected chi connectivity index (χ4v) is 2.72. The van der Waals surface area contributed by atoms with Gasteiger partial charge in [0.25, 0.3) is 5.56 Å². The van der Waals surface area contributed by atoms with Crippen LogP contribution in [-0.4, -0.2) is 14.5 Å². The van der Waals surface area contributed by atoms with Crippen molar-refractivity contribution in [1.29, 1.82) is 0 Å². The highest BCUT2D eigenvalue weighted by atomic mass is 16.1. The average Bonchev–Trinajstić information content (AvgIpc) is 2.89. The number of aromatic amines is 1. The summed E-state index contributed by atoms with van der Waals surface area (Å²) in [4.78, 5) is 19.7. The molecule has 0 unspecified atom stereocenters. The number of H-pyrrole nitrogens is 1. The quantitative estimate of drug-likeness (QED) is 0.580. The SMILES string of the molecule is Cn1ccc2c(-c3nc4ccccc4c(=O)[nH]3)cccc21. The number of benzene rings is 2. The number of nitrogens with zero attached hydrogens (tertiary/aromatic N) is 2. The molecule has 0 radical (unpaired) electrons. The number of hydrogen-bond acceptors (Lipinski definition) is 2. The van der Waals surface area contributed by atoms with Gasteiger partial charge in [0.1, 0.15) is 5.82 Å². The third-order valence-corrected chi connectivity index (χ3v) is 3.80. The molecule has 2 heterocycles. The molecule has 2 aromatic heterocycles. The van der Waals surface area contributed by atoms with Crippen molar-refractivity contribution in [3.8, 4) is 11.4 Å². The largest absolute Gasteiger partial charge is 0.351 e. The molecule has 102 valence electrons. The molecule has 4 aromatic rings. The van der Waals surface area contributed by atoms with Crippen LogP contribution in [0.15, 0.2) is 59.5 Å². The zero-order valence-corrected chi connectivity index (χ0v) is 11.5. The van der Waals surface area contributed by atoms with E-state index in [0.29, 0.717) is 16.7 Å². The molecule has 0 aliphatic heterocycles. The predicted octanol–water partition coefficient (Wildman–Crippen LogP) is 3.08. The van der Waals surface area contributed by atoms with Gasteiger partial charge >= 0.3 is 0 Å². The maximum absolute atomic E-state index is 12.2. The zero-order chi connectivity index (χ0) is 14.4. The van der Waals surface area contributed by atoms with Crippen LogP contribution < -0.4 is 5.56 Å². The van der Waals surface area contributed by atoms with Crippen LogP contribution in [0.25, 0.3) is 33.2 Å². The van der Waals surface area contributed by atoms with Crippen LogP contribution in [-0.2, 0) is 7.05 Å². The first-order valence-corrected chi connectivity index (χ1v) is 6.77. The van der Waals surface area contributed by atoms with Crippen molar-refractivity contribution < 1.29 is 0 Å². The van der Waals surface area contributed by atoms with E-state index < -0.39 is 0 Å². The first-order valence-electron chi connectivity index (χ1n) is 6.77. The zero-order valence-electron chi connectivity index (χ0n) is 11.5. The van der Waals surface area contributed by atoms with Gasteiger partial charge in [-0.15, -0.1) is 0 Å². The van der Waals surface area contributed by atoms with Gasteiger partial charge in [0.15, 0.2) is 0 Å². The third kappa shape index (κ3) is 1.76. The van der Waals surface area contributed by atoms with E-state index in [9.17, 15) is 4.79 Å². The van der Waals surface area contributed by atoms with Crippen molar-refractivity contribution in [2.75, 3.05) is 0 Å². The Morgan fingerprint density at radius 2 is 1.86 bits per heavy atom. The van der Waals surface area contributed by atoms with E-state index in [1.165, 1.54) is 0 Å². The molecule has 0 spiro atoms. The molecule has 2 aromatic carbocycles. The van der Waals surface area contributed by atoms with Gasteiger partial charge in [-0.25, -0.2) is 4.98 Å². The number of hydrogen-bond donors (Lipinski definition) is 1. The Labute approximate surface area is 120 Å². The van der Waals surface area contributed by atoms with Crippen molar-refractivity contribution in [2.45, 2.75) is 0 Å². The van der Waals surface area contributed by atoms with E-state index in [0.717, 1.165) is 16.5 Å². The first kappa shape index (κ1) is 11.9. The molecule has 0 aliphatic carbocycles. The highest BCUT2D eigenvalue weighted by Crippen LogP contribution is 2.26. The normalized spacial score (nSPS) is 11.3. The number of rotatable bonds is 1. The highest BCUT2D eigenvalue weighted by Gasteiger charge is 2.10. The lowest BCUT2D eigenvalue weighted by molar-refractivity contribution is 0.969. The Morgan fingerprint density at radius 1 is 1.00 bits per heavy atom. The van der Waals surface area contributed by atoms with Crippen LogP contribution >= 0.6 is 0 Å². The Morgan fingerprint density at radius 3 is 2.76 bits per heavy atom. The summed E-state index contributed by atoms with van der Waals surface area (Å²) in [7, 11) is 2.00. The smallest absolute Gasteiger partial charge is 0.259 e. The van der Waals surface area contributed by atoms with Crippen LogP contribution in [0.1, 0.15) is 0 Å². The molecule has 4 rings (SSSR count). The summed E-state index contributed by atoms with van der Waals surface area (Å²) in [6.45, 7) is 0. The van der Waals surface area contributed by atoms with Gasteiger partial charge in [-0.1, -0.05) is 24.3 Å². The maximum atomic E-state index is 12.2. The van der Waals surface area contributed by atoms with Gasteiger partial charge in [-0.3, -0.25) is 4.79 Å². The molecule has 0 bridgehead atoms. The Hall–Kier alpha value is -2.88. The van der Waals surface area contributed by atoms with Gasteiger partial charge in [0.05, 0.1) is 10.9 Å². The summed E-state index contributed by atoms with van der Waals surface area (Å²) >= 11 is 0. The topological polar surface area (TPSA) is 50.7 Å². The molecule has 0 aliphatic rings. The lowest BCUT2D eigenvalue weighted by Crippen LogP contribution is -2.09. The summed E-state index contributed by atoms with van der Waals surface area (Å²) in [5.74, 6) is 0.607. The third-order valence-electron chi connectivity index (χ3n) is 3.80. The lowest BCUT2D eigenvalue weighted by Gasteiger charge is -2.05. The minimum Gasteiger partial charge on any atom is -0.351 e. The molecule has 0 fully saturated rings. The second-order valence-corrected chi connectivity index (χ2v) is 5.10. The monoisotopic (exact) mass is 275 g/mol. The van der Waals surface area contributed by atoms with E-state index in [1.54, 1.807) is 6.07 Å². The molecular weight excluding hydrogens is 262 g/mol. The van der Waals surface area contributed by atoms with Crippen LogP contribution in [0.2, 0.25) is 0 Å². The van der Waals surface area contributed by atoms with E-state index in [2.05, 4.69) is 20.6 Å². The average molecular weight is 275 g/mol. The summed E-state index contributed by atoms with van der Waals surface area (Å²) in [5, 5.41) is 1.69. The van der Waals surface area contributed by atoms with Gasteiger partial charge in [0, 0.05) is 29.7 Å². The molecule has 21 heavy (non-hydrogen) atoms. The van der Waals surface area contributed by atoms with E-state index >= 15 is 0 Å². The summed E-state index contributed by atoms with van der Waals surface area (Å²) < 4.78 is 2.05. The second-order valence-electron chi connectivity index (χ2n) is 5.10. The number of fused-ring (bicyclic) bond motifs is 2. The molecule has 0 atom stereocenters. The summed E-state index contributed by atoms with van der Waals surface area (Å²) in [6.07, 6.45) is 2.01. The minimum absolute atomic E-state index is 0.108. The minimum atomic E-state index is -0.108. The fraction of sp³-hybridized carbons (Fsp3) is 0.0588. The van der Waals surface area contributed by atoms with Crippen molar-refractivity contribution in [1.82, 2.24) is 14.5 Å². The lowest BCUT2D eigenvalue weighted by atomic mass is 10.1. The predicted molar refractivity (Wildman–Crippen MR) is 84.3 cm³/mol. The summed E-state index contributed by atoms with van der Waals surface area (Å²) in [5.41, 5.74) is 2.66. The molecule has 0 saturated carbocycles. The van der Waals surface area contributed by atoms with Crippen molar-refractivity contribution >= 4 is 21.8 Å². The highest BCUT2D eigenvalue weighted by molar-refractivity contribution is 5.94. The van der Waals surface area contributed by atoms with Gasteiger partial charge < -0.3 is 9.55 Å². The van der Waals surface area contributed by atoms with Crippen LogP contribution in [0.4, 0.5) is 0 Å². The Bertz CT molecular complexity index is 1030. The molecule has 0 amide bonds. The van der Waals surface area contributed by atoms with Crippen LogP contribution in [0.3, 0.4) is 0 Å². The Balaban J connectivity index is 2.07. The number of nitrogens with one attached hydrogen (secondary N) is 1. The van der Waals surface area contributed by atoms with Crippen molar-refractivity contribution in [3.63, 3.8) is 0 Å². The van der Waals surface area contributed by atoms with E-state index in [1.807, 2.05) is 49.6 Å². The first-order chi connectivity index (χ1) is 10.2. The van der Waals surface area contributed by atoms with Crippen LogP contribution in [0, 0.1) is 0 Å². The molecular formula is C17H13N3O. The standard InChI is InChI=1S/C17H13N3O/c1-20-10-9-11-12(6-4-8-15(11)20)16-18-14-7-3-2-5-13(14)17(21)19-16/h2-10H,1H3,(H,18,19,21). The molecule has 1 N–H and O–H groups in total. The van der Waals surface area contributed by atoms with Crippen LogP contribution in [0.5, 0.6) is 0 Å². The second kappa shape index (κ2) is 4.31. The maximum Gasteiger partial charge on any atom is 0.259 e. The number of aromatic nitrogens is 3. The summed E-state index contributed by atoms with van der Waals surface area (Å²) in [6, 6.07) is 15.4. The van der Waals surface area contributed by atoms with E-state index in [4.69, 9.17) is 0 Å². The number of aryl methyl sites for hydroxylation is 1. The Kier molecular flexibility index (Phi) is 2.44.